The van der Waals surface area contributed by atoms with Gasteiger partial charge in [-0.05, 0) is 36.5 Å². The summed E-state index contributed by atoms with van der Waals surface area (Å²) in [5.74, 6) is 3.45. The summed E-state index contributed by atoms with van der Waals surface area (Å²) >= 11 is 0. The average molecular weight is 252 g/mol. The summed E-state index contributed by atoms with van der Waals surface area (Å²) in [7, 11) is 0. The van der Waals surface area contributed by atoms with Gasteiger partial charge in [0.15, 0.2) is 0 Å². The molecule has 18 heavy (non-hydrogen) atoms. The molecule has 0 amide bonds. The summed E-state index contributed by atoms with van der Waals surface area (Å²) < 4.78 is 0. The van der Waals surface area contributed by atoms with Crippen LogP contribution in [0.4, 0.5) is 0 Å². The van der Waals surface area contributed by atoms with Gasteiger partial charge in [-0.15, -0.1) is 6.58 Å². The Hall–Kier alpha value is -0.260. The van der Waals surface area contributed by atoms with Crippen molar-refractivity contribution < 1.29 is 0 Å². The second-order valence-electron chi connectivity index (χ2n) is 6.39. The van der Waals surface area contributed by atoms with E-state index in [2.05, 4.69) is 41.2 Å². The van der Waals surface area contributed by atoms with E-state index in [9.17, 15) is 0 Å². The van der Waals surface area contributed by atoms with Crippen molar-refractivity contribution in [3.63, 3.8) is 0 Å². The molecule has 0 aliphatic carbocycles. The maximum Gasteiger partial charge on any atom is -0.0353 e. The topological polar surface area (TPSA) is 0 Å². The molecule has 0 bridgehead atoms. The van der Waals surface area contributed by atoms with Crippen LogP contribution in [-0.4, -0.2) is 0 Å². The quantitative estimate of drug-likeness (QED) is 0.292. The van der Waals surface area contributed by atoms with Gasteiger partial charge >= 0.3 is 0 Å². The lowest BCUT2D eigenvalue weighted by molar-refractivity contribution is 0.193. The Morgan fingerprint density at radius 3 is 1.78 bits per heavy atom. The standard InChI is InChI=1S/C18H36/c1-7-9-11-13-15(3)17(5)18(6)16(4)14-12-10-8-2/h7,15-18H,1,8-14H2,2-6H3. The van der Waals surface area contributed by atoms with E-state index < -0.39 is 0 Å². The van der Waals surface area contributed by atoms with Crippen molar-refractivity contribution in [3.8, 4) is 0 Å². The largest absolute Gasteiger partial charge is 0.103 e. The molecule has 0 saturated heterocycles. The maximum absolute atomic E-state index is 3.81. The molecule has 0 nitrogen and oxygen atoms in total. The van der Waals surface area contributed by atoms with Gasteiger partial charge in [0.25, 0.3) is 0 Å². The first-order chi connectivity index (χ1) is 8.54. The molecule has 0 N–H and O–H groups in total. The fourth-order valence-electron chi connectivity index (χ4n) is 2.86. The molecule has 0 fully saturated rings. The van der Waals surface area contributed by atoms with Crippen LogP contribution < -0.4 is 0 Å². The Labute approximate surface area is 116 Å². The van der Waals surface area contributed by atoms with Gasteiger partial charge in [0.1, 0.15) is 0 Å². The fourth-order valence-corrected chi connectivity index (χ4v) is 2.86. The van der Waals surface area contributed by atoms with Crippen LogP contribution in [-0.2, 0) is 0 Å². The lowest BCUT2D eigenvalue weighted by Crippen LogP contribution is -2.22. The van der Waals surface area contributed by atoms with E-state index in [1.165, 1.54) is 44.9 Å². The van der Waals surface area contributed by atoms with E-state index in [-0.39, 0.29) is 0 Å². The van der Waals surface area contributed by atoms with E-state index in [0.29, 0.717) is 0 Å². The molecule has 0 aromatic rings. The first kappa shape index (κ1) is 17.7. The minimum atomic E-state index is 0.853. The van der Waals surface area contributed by atoms with Gasteiger partial charge in [0.2, 0.25) is 0 Å². The summed E-state index contributed by atoms with van der Waals surface area (Å²) in [6.45, 7) is 15.9. The van der Waals surface area contributed by atoms with Crippen molar-refractivity contribution in [2.75, 3.05) is 0 Å². The third-order valence-corrected chi connectivity index (χ3v) is 4.96. The van der Waals surface area contributed by atoms with Crippen LogP contribution >= 0.6 is 0 Å². The number of allylic oxidation sites excluding steroid dienone is 1. The van der Waals surface area contributed by atoms with Crippen molar-refractivity contribution in [3.05, 3.63) is 12.7 Å². The van der Waals surface area contributed by atoms with Crippen LogP contribution in [0.1, 0.15) is 79.6 Å². The van der Waals surface area contributed by atoms with Crippen LogP contribution in [0.15, 0.2) is 12.7 Å². The minimum absolute atomic E-state index is 0.853. The summed E-state index contributed by atoms with van der Waals surface area (Å²) in [5, 5.41) is 0. The van der Waals surface area contributed by atoms with Crippen molar-refractivity contribution in [2.45, 2.75) is 79.6 Å². The third-order valence-electron chi connectivity index (χ3n) is 4.96. The van der Waals surface area contributed by atoms with E-state index in [0.717, 1.165) is 23.7 Å². The Morgan fingerprint density at radius 1 is 0.833 bits per heavy atom. The normalized spacial score (nSPS) is 18.1. The number of unbranched alkanes of at least 4 members (excludes halogenated alkanes) is 3. The monoisotopic (exact) mass is 252 g/mol. The summed E-state index contributed by atoms with van der Waals surface area (Å²) in [6, 6.07) is 0. The van der Waals surface area contributed by atoms with Crippen molar-refractivity contribution in [1.29, 1.82) is 0 Å². The lowest BCUT2D eigenvalue weighted by atomic mass is 9.75. The Balaban J connectivity index is 3.97. The Morgan fingerprint density at radius 2 is 1.33 bits per heavy atom. The average Bonchev–Trinajstić information content (AvgIpc) is 2.37. The van der Waals surface area contributed by atoms with E-state index in [1.54, 1.807) is 0 Å². The Kier molecular flexibility index (Phi) is 10.5. The molecular weight excluding hydrogens is 216 g/mol. The molecule has 4 atom stereocenters. The van der Waals surface area contributed by atoms with Crippen molar-refractivity contribution in [1.82, 2.24) is 0 Å². The smallest absolute Gasteiger partial charge is 0.0353 e. The van der Waals surface area contributed by atoms with Gasteiger partial charge in [0, 0.05) is 0 Å². The molecule has 0 aliphatic heterocycles. The second kappa shape index (κ2) is 10.6. The van der Waals surface area contributed by atoms with E-state index in [1.807, 2.05) is 6.08 Å². The van der Waals surface area contributed by atoms with Crippen LogP contribution in [0.3, 0.4) is 0 Å². The molecule has 0 heteroatoms. The number of hydrogen-bond donors (Lipinski definition) is 0. The second-order valence-corrected chi connectivity index (χ2v) is 6.39. The first-order valence-electron chi connectivity index (χ1n) is 8.15. The van der Waals surface area contributed by atoms with Gasteiger partial charge in [-0.3, -0.25) is 0 Å². The molecule has 0 aromatic heterocycles. The summed E-state index contributed by atoms with van der Waals surface area (Å²) in [5.41, 5.74) is 0. The van der Waals surface area contributed by atoms with E-state index in [4.69, 9.17) is 0 Å². The highest BCUT2D eigenvalue weighted by Gasteiger charge is 2.23. The van der Waals surface area contributed by atoms with Gasteiger partial charge < -0.3 is 0 Å². The molecule has 4 unspecified atom stereocenters. The minimum Gasteiger partial charge on any atom is -0.103 e. The maximum atomic E-state index is 3.81. The zero-order valence-electron chi connectivity index (χ0n) is 13.5. The molecule has 0 saturated carbocycles. The number of rotatable bonds is 11. The lowest BCUT2D eigenvalue weighted by Gasteiger charge is -2.31. The fraction of sp³-hybridized carbons (Fsp3) is 0.889. The summed E-state index contributed by atoms with van der Waals surface area (Å²) in [6.07, 6.45) is 11.5. The third kappa shape index (κ3) is 7.24. The van der Waals surface area contributed by atoms with Gasteiger partial charge in [0.05, 0.1) is 0 Å². The molecular formula is C18H36. The zero-order chi connectivity index (χ0) is 14.0. The van der Waals surface area contributed by atoms with Gasteiger partial charge in [-0.25, -0.2) is 0 Å². The predicted octanol–water partition coefficient (Wildman–Crippen LogP) is 6.47. The Bertz CT molecular complexity index is 194. The molecule has 0 aliphatic rings. The van der Waals surface area contributed by atoms with Crippen molar-refractivity contribution in [2.24, 2.45) is 23.7 Å². The molecule has 0 aromatic carbocycles. The predicted molar refractivity (Wildman–Crippen MR) is 84.8 cm³/mol. The molecule has 0 radical (unpaired) electrons. The van der Waals surface area contributed by atoms with Crippen LogP contribution in [0, 0.1) is 23.7 Å². The molecule has 0 spiro atoms. The SMILES string of the molecule is C=CCCCC(C)C(C)C(C)C(C)CCCCC. The molecule has 0 heterocycles. The highest BCUT2D eigenvalue weighted by Crippen LogP contribution is 2.32. The zero-order valence-corrected chi connectivity index (χ0v) is 13.5. The summed E-state index contributed by atoms with van der Waals surface area (Å²) in [4.78, 5) is 0. The van der Waals surface area contributed by atoms with Gasteiger partial charge in [-0.1, -0.05) is 72.8 Å². The highest BCUT2D eigenvalue weighted by molar-refractivity contribution is 4.74. The van der Waals surface area contributed by atoms with Crippen molar-refractivity contribution >= 4 is 0 Å². The highest BCUT2D eigenvalue weighted by atomic mass is 14.3. The number of hydrogen-bond acceptors (Lipinski definition) is 0. The molecule has 0 rings (SSSR count). The van der Waals surface area contributed by atoms with Gasteiger partial charge in [-0.2, -0.15) is 0 Å². The first-order valence-corrected chi connectivity index (χ1v) is 8.15. The van der Waals surface area contributed by atoms with Crippen LogP contribution in [0.5, 0.6) is 0 Å². The van der Waals surface area contributed by atoms with Crippen LogP contribution in [0.2, 0.25) is 0 Å². The van der Waals surface area contributed by atoms with E-state index >= 15 is 0 Å². The molecule has 108 valence electrons. The van der Waals surface area contributed by atoms with Crippen LogP contribution in [0.25, 0.3) is 0 Å².